The first-order valence-corrected chi connectivity index (χ1v) is 6.80. The van der Waals surface area contributed by atoms with Crippen LogP contribution in [0.1, 0.15) is 33.6 Å². The molecule has 20 heavy (non-hydrogen) atoms. The van der Waals surface area contributed by atoms with Gasteiger partial charge in [0.1, 0.15) is 0 Å². The molecule has 1 aliphatic rings. The van der Waals surface area contributed by atoms with Gasteiger partial charge >= 0.3 is 0 Å². The first-order valence-electron chi connectivity index (χ1n) is 6.80. The zero-order valence-corrected chi connectivity index (χ0v) is 12.3. The van der Waals surface area contributed by atoms with E-state index in [1.807, 2.05) is 20.8 Å². The Morgan fingerprint density at radius 3 is 2.45 bits per heavy atom. The van der Waals surface area contributed by atoms with Crippen molar-refractivity contribution in [1.29, 1.82) is 0 Å². The minimum absolute atomic E-state index is 0.116. The highest BCUT2D eigenvalue weighted by molar-refractivity contribution is 6.13. The molecule has 0 aliphatic carbocycles. The highest BCUT2D eigenvalue weighted by Gasteiger charge is 2.23. The van der Waals surface area contributed by atoms with E-state index >= 15 is 0 Å². The van der Waals surface area contributed by atoms with Crippen LogP contribution in [0, 0.1) is 0 Å². The lowest BCUT2D eigenvalue weighted by Gasteiger charge is -2.24. The molecule has 0 saturated carbocycles. The Hall–Kier alpha value is -1.69. The molecule has 0 aromatic carbocycles. The molecule has 1 rings (SSSR count). The SMILES string of the molecule is CCOC(C)(C)CCNC(=O)CCN1C(=O)C=CC1=O. The zero-order valence-electron chi connectivity index (χ0n) is 12.3. The number of nitrogens with one attached hydrogen (secondary N) is 1. The topological polar surface area (TPSA) is 75.7 Å². The quantitative estimate of drug-likeness (QED) is 0.662. The van der Waals surface area contributed by atoms with Gasteiger partial charge in [-0.15, -0.1) is 0 Å². The van der Waals surface area contributed by atoms with Crippen molar-refractivity contribution in [2.24, 2.45) is 0 Å². The van der Waals surface area contributed by atoms with Gasteiger partial charge in [0, 0.05) is 38.3 Å². The second kappa shape index (κ2) is 7.19. The number of nitrogens with zero attached hydrogens (tertiary/aromatic N) is 1. The number of hydrogen-bond acceptors (Lipinski definition) is 4. The van der Waals surface area contributed by atoms with Gasteiger partial charge < -0.3 is 10.1 Å². The monoisotopic (exact) mass is 282 g/mol. The van der Waals surface area contributed by atoms with Crippen LogP contribution in [0.15, 0.2) is 12.2 Å². The first-order chi connectivity index (χ1) is 9.35. The molecule has 0 bridgehead atoms. The number of imide groups is 1. The van der Waals surface area contributed by atoms with Gasteiger partial charge in [0.2, 0.25) is 5.91 Å². The molecule has 6 nitrogen and oxygen atoms in total. The highest BCUT2D eigenvalue weighted by atomic mass is 16.5. The predicted molar refractivity (Wildman–Crippen MR) is 73.8 cm³/mol. The maximum Gasteiger partial charge on any atom is 0.253 e. The van der Waals surface area contributed by atoms with E-state index in [-0.39, 0.29) is 36.3 Å². The van der Waals surface area contributed by atoms with Crippen LogP contribution in [0.3, 0.4) is 0 Å². The van der Waals surface area contributed by atoms with Crippen LogP contribution in [0.2, 0.25) is 0 Å². The second-order valence-electron chi connectivity index (χ2n) is 5.20. The summed E-state index contributed by atoms with van der Waals surface area (Å²) in [7, 11) is 0. The minimum Gasteiger partial charge on any atom is -0.376 e. The minimum atomic E-state index is -0.361. The van der Waals surface area contributed by atoms with Crippen LogP contribution in [-0.2, 0) is 19.1 Å². The van der Waals surface area contributed by atoms with Crippen LogP contribution < -0.4 is 5.32 Å². The lowest BCUT2D eigenvalue weighted by molar-refractivity contribution is -0.137. The molecule has 3 amide bonds. The fourth-order valence-electron chi connectivity index (χ4n) is 1.92. The summed E-state index contributed by atoms with van der Waals surface area (Å²) in [5.74, 6) is -0.898. The van der Waals surface area contributed by atoms with E-state index in [4.69, 9.17) is 4.74 Å². The summed E-state index contributed by atoms with van der Waals surface area (Å²) in [5, 5.41) is 2.76. The summed E-state index contributed by atoms with van der Waals surface area (Å²) in [6.07, 6.45) is 3.25. The summed E-state index contributed by atoms with van der Waals surface area (Å²) >= 11 is 0. The van der Waals surface area contributed by atoms with Crippen LogP contribution in [0.25, 0.3) is 0 Å². The number of amides is 3. The largest absolute Gasteiger partial charge is 0.376 e. The summed E-state index contributed by atoms with van der Waals surface area (Å²) in [4.78, 5) is 35.3. The van der Waals surface area contributed by atoms with Crippen molar-refractivity contribution in [3.63, 3.8) is 0 Å². The van der Waals surface area contributed by atoms with Crippen LogP contribution in [0.4, 0.5) is 0 Å². The molecule has 0 saturated heterocycles. The van der Waals surface area contributed by atoms with Gasteiger partial charge in [0.15, 0.2) is 0 Å². The summed E-state index contributed by atoms with van der Waals surface area (Å²) in [6.45, 7) is 7.12. The zero-order chi connectivity index (χ0) is 15.2. The fraction of sp³-hybridized carbons (Fsp3) is 0.643. The Kier molecular flexibility index (Phi) is 5.88. The highest BCUT2D eigenvalue weighted by Crippen LogP contribution is 2.13. The average Bonchev–Trinajstić information content (AvgIpc) is 2.66. The van der Waals surface area contributed by atoms with Crippen LogP contribution >= 0.6 is 0 Å². The number of carbonyl (C=O) groups excluding carboxylic acids is 3. The van der Waals surface area contributed by atoms with Gasteiger partial charge in [0.05, 0.1) is 5.60 Å². The fourth-order valence-corrected chi connectivity index (χ4v) is 1.92. The van der Waals surface area contributed by atoms with Crippen molar-refractivity contribution in [2.45, 2.75) is 39.2 Å². The molecule has 6 heteroatoms. The van der Waals surface area contributed by atoms with Gasteiger partial charge in [0.25, 0.3) is 11.8 Å². The third-order valence-electron chi connectivity index (χ3n) is 3.05. The molecule has 112 valence electrons. The Balaban J connectivity index is 2.21. The van der Waals surface area contributed by atoms with E-state index in [1.54, 1.807) is 0 Å². The Bertz CT molecular complexity index is 397. The number of carbonyl (C=O) groups is 3. The average molecular weight is 282 g/mol. The molecule has 1 heterocycles. The predicted octanol–water partition coefficient (Wildman–Crippen LogP) is 0.623. The molecule has 1 aliphatic heterocycles. The molecule has 0 spiro atoms. The standard InChI is InChI=1S/C14H22N2O4/c1-4-20-14(2,3)8-9-15-11(17)7-10-16-12(18)5-6-13(16)19/h5-6H,4,7-10H2,1-3H3,(H,15,17). The number of rotatable bonds is 8. The normalized spacial score (nSPS) is 15.1. The van der Waals surface area contributed by atoms with E-state index in [9.17, 15) is 14.4 Å². The Morgan fingerprint density at radius 1 is 1.30 bits per heavy atom. The van der Waals surface area contributed by atoms with Crippen molar-refractivity contribution >= 4 is 17.7 Å². The van der Waals surface area contributed by atoms with Crippen molar-refractivity contribution < 1.29 is 19.1 Å². The van der Waals surface area contributed by atoms with Gasteiger partial charge in [-0.2, -0.15) is 0 Å². The van der Waals surface area contributed by atoms with Gasteiger partial charge in [-0.1, -0.05) is 0 Å². The molecular formula is C14H22N2O4. The van der Waals surface area contributed by atoms with Gasteiger partial charge in [-0.25, -0.2) is 0 Å². The second-order valence-corrected chi connectivity index (χ2v) is 5.20. The third-order valence-corrected chi connectivity index (χ3v) is 3.05. The van der Waals surface area contributed by atoms with E-state index < -0.39 is 0 Å². The molecule has 0 aromatic heterocycles. The molecular weight excluding hydrogens is 260 g/mol. The van der Waals surface area contributed by atoms with Crippen molar-refractivity contribution in [2.75, 3.05) is 19.7 Å². The molecule has 0 radical (unpaired) electrons. The van der Waals surface area contributed by atoms with E-state index in [0.29, 0.717) is 19.6 Å². The molecule has 0 aromatic rings. The summed E-state index contributed by atoms with van der Waals surface area (Å²) in [6, 6.07) is 0. The lowest BCUT2D eigenvalue weighted by Crippen LogP contribution is -2.36. The molecule has 0 fully saturated rings. The molecule has 1 N–H and O–H groups in total. The number of ether oxygens (including phenoxy) is 1. The smallest absolute Gasteiger partial charge is 0.253 e. The van der Waals surface area contributed by atoms with Crippen molar-refractivity contribution in [3.8, 4) is 0 Å². The maximum absolute atomic E-state index is 11.6. The summed E-state index contributed by atoms with van der Waals surface area (Å²) < 4.78 is 5.52. The van der Waals surface area contributed by atoms with Crippen molar-refractivity contribution in [1.82, 2.24) is 10.2 Å². The number of hydrogen-bond donors (Lipinski definition) is 1. The van der Waals surface area contributed by atoms with Crippen LogP contribution in [0.5, 0.6) is 0 Å². The Morgan fingerprint density at radius 2 is 1.90 bits per heavy atom. The van der Waals surface area contributed by atoms with E-state index in [2.05, 4.69) is 5.32 Å². The lowest BCUT2D eigenvalue weighted by atomic mass is 10.1. The van der Waals surface area contributed by atoms with Crippen LogP contribution in [-0.4, -0.2) is 47.9 Å². The Labute approximate surface area is 119 Å². The molecule has 0 unspecified atom stereocenters. The third kappa shape index (κ3) is 5.13. The van der Waals surface area contributed by atoms with E-state index in [0.717, 1.165) is 4.90 Å². The first kappa shape index (κ1) is 16.4. The van der Waals surface area contributed by atoms with Gasteiger partial charge in [-0.05, 0) is 27.2 Å². The van der Waals surface area contributed by atoms with Gasteiger partial charge in [-0.3, -0.25) is 19.3 Å². The van der Waals surface area contributed by atoms with Crippen molar-refractivity contribution in [3.05, 3.63) is 12.2 Å². The summed E-state index contributed by atoms with van der Waals surface area (Å²) in [5.41, 5.74) is -0.271. The molecule has 0 atom stereocenters. The maximum atomic E-state index is 11.6. The van der Waals surface area contributed by atoms with E-state index in [1.165, 1.54) is 12.2 Å².